The lowest BCUT2D eigenvalue weighted by molar-refractivity contribution is -0.132. The van der Waals surface area contributed by atoms with Gasteiger partial charge in [0.2, 0.25) is 5.91 Å². The maximum Gasteiger partial charge on any atom is 0.222 e. The van der Waals surface area contributed by atoms with E-state index >= 15 is 0 Å². The highest BCUT2D eigenvalue weighted by Gasteiger charge is 2.40. The smallest absolute Gasteiger partial charge is 0.222 e. The van der Waals surface area contributed by atoms with Crippen LogP contribution >= 0.6 is 0 Å². The van der Waals surface area contributed by atoms with Crippen LogP contribution in [-0.4, -0.2) is 30.9 Å². The fourth-order valence-electron chi connectivity index (χ4n) is 3.80. The fourth-order valence-corrected chi connectivity index (χ4v) is 3.80. The van der Waals surface area contributed by atoms with Crippen LogP contribution in [0.1, 0.15) is 46.0 Å². The van der Waals surface area contributed by atoms with Gasteiger partial charge in [0, 0.05) is 20.0 Å². The molecular weight excluding hydrogens is 224 g/mol. The second kappa shape index (κ2) is 5.20. The molecule has 2 bridgehead atoms. The lowest BCUT2D eigenvalue weighted by Gasteiger charge is -2.30. The number of rotatable bonds is 5. The molecule has 2 N–H and O–H groups in total. The summed E-state index contributed by atoms with van der Waals surface area (Å²) in [4.78, 5) is 14.1. The van der Waals surface area contributed by atoms with Gasteiger partial charge in [-0.05, 0) is 49.0 Å². The van der Waals surface area contributed by atoms with E-state index in [1.54, 1.807) is 0 Å². The van der Waals surface area contributed by atoms with Crippen molar-refractivity contribution in [1.82, 2.24) is 4.90 Å². The summed E-state index contributed by atoms with van der Waals surface area (Å²) >= 11 is 0. The highest BCUT2D eigenvalue weighted by Crippen LogP contribution is 2.49. The zero-order valence-corrected chi connectivity index (χ0v) is 12.1. The van der Waals surface area contributed by atoms with Crippen LogP contribution in [0.3, 0.4) is 0 Å². The van der Waals surface area contributed by atoms with Gasteiger partial charge in [-0.1, -0.05) is 20.3 Å². The van der Waals surface area contributed by atoms with Gasteiger partial charge in [-0.2, -0.15) is 0 Å². The summed E-state index contributed by atoms with van der Waals surface area (Å²) in [5.74, 6) is 2.75. The summed E-state index contributed by atoms with van der Waals surface area (Å²) in [5, 5.41) is 0. The summed E-state index contributed by atoms with van der Waals surface area (Å²) in [6, 6.07) is 0. The van der Waals surface area contributed by atoms with Crippen molar-refractivity contribution in [3.8, 4) is 0 Å². The fraction of sp³-hybridized carbons (Fsp3) is 0.933. The molecule has 0 aromatic heterocycles. The molecule has 3 atom stereocenters. The first-order valence-electron chi connectivity index (χ1n) is 7.35. The molecule has 2 fully saturated rings. The highest BCUT2D eigenvalue weighted by atomic mass is 16.2. The lowest BCUT2D eigenvalue weighted by atomic mass is 9.86. The second-order valence-electron chi connectivity index (χ2n) is 7.26. The van der Waals surface area contributed by atoms with E-state index in [1.807, 2.05) is 11.9 Å². The molecule has 18 heavy (non-hydrogen) atoms. The second-order valence-corrected chi connectivity index (χ2v) is 7.26. The van der Waals surface area contributed by atoms with Crippen LogP contribution in [0.15, 0.2) is 0 Å². The third-order valence-electron chi connectivity index (χ3n) is 4.96. The Morgan fingerprint density at radius 3 is 2.56 bits per heavy atom. The largest absolute Gasteiger partial charge is 0.345 e. The van der Waals surface area contributed by atoms with Gasteiger partial charge >= 0.3 is 0 Å². The Morgan fingerprint density at radius 2 is 2.06 bits per heavy atom. The van der Waals surface area contributed by atoms with Crippen molar-refractivity contribution in [2.24, 2.45) is 28.9 Å². The number of nitrogens with zero attached hydrogens (tertiary/aromatic N) is 1. The predicted octanol–water partition coefficient (Wildman–Crippen LogP) is 2.26. The van der Waals surface area contributed by atoms with E-state index in [9.17, 15) is 4.79 Å². The van der Waals surface area contributed by atoms with Gasteiger partial charge in [0.15, 0.2) is 0 Å². The Labute approximate surface area is 111 Å². The van der Waals surface area contributed by atoms with Crippen molar-refractivity contribution in [2.45, 2.75) is 46.0 Å². The number of nitrogens with two attached hydrogens (primary N) is 1. The van der Waals surface area contributed by atoms with Crippen LogP contribution in [0.4, 0.5) is 0 Å². The molecule has 2 aliphatic carbocycles. The summed E-state index contributed by atoms with van der Waals surface area (Å²) < 4.78 is 0. The van der Waals surface area contributed by atoms with Gasteiger partial charge < -0.3 is 10.6 Å². The Kier molecular flexibility index (Phi) is 4.00. The molecule has 2 aliphatic rings. The van der Waals surface area contributed by atoms with Crippen LogP contribution in [0, 0.1) is 23.2 Å². The quantitative estimate of drug-likeness (QED) is 0.816. The zero-order chi connectivity index (χ0) is 13.3. The van der Waals surface area contributed by atoms with Gasteiger partial charge in [0.05, 0.1) is 0 Å². The average Bonchev–Trinajstić information content (AvgIpc) is 2.90. The van der Waals surface area contributed by atoms with Crippen molar-refractivity contribution >= 4 is 5.91 Å². The molecule has 0 radical (unpaired) electrons. The number of hydrogen-bond donors (Lipinski definition) is 1. The average molecular weight is 252 g/mol. The summed E-state index contributed by atoms with van der Waals surface area (Å²) in [6.07, 6.45) is 6.21. The first-order chi connectivity index (χ1) is 8.41. The van der Waals surface area contributed by atoms with E-state index in [0.717, 1.165) is 24.8 Å². The number of amides is 1. The minimum atomic E-state index is 0.0269. The molecule has 2 rings (SSSR count). The van der Waals surface area contributed by atoms with Crippen molar-refractivity contribution in [2.75, 3.05) is 20.1 Å². The van der Waals surface area contributed by atoms with Crippen molar-refractivity contribution in [3.63, 3.8) is 0 Å². The van der Waals surface area contributed by atoms with Crippen LogP contribution in [0.5, 0.6) is 0 Å². The molecule has 2 saturated carbocycles. The van der Waals surface area contributed by atoms with E-state index in [-0.39, 0.29) is 5.41 Å². The van der Waals surface area contributed by atoms with E-state index < -0.39 is 0 Å². The van der Waals surface area contributed by atoms with E-state index in [2.05, 4.69) is 13.8 Å². The van der Waals surface area contributed by atoms with Crippen molar-refractivity contribution in [1.29, 1.82) is 0 Å². The molecule has 0 aromatic rings. The van der Waals surface area contributed by atoms with E-state index in [4.69, 9.17) is 5.73 Å². The number of fused-ring (bicyclic) bond motifs is 2. The Hall–Kier alpha value is -0.570. The zero-order valence-electron chi connectivity index (χ0n) is 12.1. The molecule has 0 aliphatic heterocycles. The maximum absolute atomic E-state index is 12.3. The van der Waals surface area contributed by atoms with E-state index in [0.29, 0.717) is 18.4 Å². The van der Waals surface area contributed by atoms with Gasteiger partial charge in [-0.3, -0.25) is 4.79 Å². The number of carbonyl (C=O) groups is 1. The molecule has 1 amide bonds. The van der Waals surface area contributed by atoms with Crippen LogP contribution in [0.2, 0.25) is 0 Å². The summed E-state index contributed by atoms with van der Waals surface area (Å²) in [7, 11) is 1.92. The Morgan fingerprint density at radius 1 is 1.33 bits per heavy atom. The molecular formula is C15H28N2O. The molecule has 104 valence electrons. The summed E-state index contributed by atoms with van der Waals surface area (Å²) in [5.41, 5.74) is 5.76. The van der Waals surface area contributed by atoms with Crippen molar-refractivity contribution < 1.29 is 4.79 Å². The monoisotopic (exact) mass is 252 g/mol. The molecule has 0 spiro atoms. The van der Waals surface area contributed by atoms with Crippen LogP contribution < -0.4 is 5.73 Å². The number of carbonyl (C=O) groups excluding carboxylic acids is 1. The minimum absolute atomic E-state index is 0.0269. The van der Waals surface area contributed by atoms with Crippen LogP contribution in [-0.2, 0) is 4.79 Å². The first kappa shape index (κ1) is 13.9. The van der Waals surface area contributed by atoms with Crippen LogP contribution in [0.25, 0.3) is 0 Å². The normalized spacial score (nSPS) is 30.8. The number of hydrogen-bond acceptors (Lipinski definition) is 2. The summed E-state index contributed by atoms with van der Waals surface area (Å²) in [6.45, 7) is 5.63. The third kappa shape index (κ3) is 3.05. The predicted molar refractivity (Wildman–Crippen MR) is 74.0 cm³/mol. The Bertz CT molecular complexity index is 314. The lowest BCUT2D eigenvalue weighted by Crippen LogP contribution is -2.40. The third-order valence-corrected chi connectivity index (χ3v) is 4.96. The minimum Gasteiger partial charge on any atom is -0.345 e. The van der Waals surface area contributed by atoms with Gasteiger partial charge in [0.25, 0.3) is 0 Å². The molecule has 3 unspecified atom stereocenters. The molecule has 3 nitrogen and oxygen atoms in total. The Balaban J connectivity index is 1.81. The molecule has 3 heteroatoms. The van der Waals surface area contributed by atoms with Gasteiger partial charge in [-0.25, -0.2) is 0 Å². The molecule has 0 aromatic carbocycles. The molecule has 0 saturated heterocycles. The van der Waals surface area contributed by atoms with Gasteiger partial charge in [0.1, 0.15) is 0 Å². The highest BCUT2D eigenvalue weighted by molar-refractivity contribution is 5.76. The topological polar surface area (TPSA) is 46.3 Å². The van der Waals surface area contributed by atoms with Gasteiger partial charge in [-0.15, -0.1) is 0 Å². The van der Waals surface area contributed by atoms with Crippen molar-refractivity contribution in [3.05, 3.63) is 0 Å². The SMILES string of the molecule is CN(CC(C)(C)CN)C(=O)CC1CC2CCC1C2. The van der Waals surface area contributed by atoms with E-state index in [1.165, 1.54) is 25.7 Å². The maximum atomic E-state index is 12.3. The standard InChI is InChI=1S/C15H28N2O/c1-15(2,9-16)10-17(3)14(18)8-13-7-11-4-5-12(13)6-11/h11-13H,4-10,16H2,1-3H3. The first-order valence-corrected chi connectivity index (χ1v) is 7.35. The molecule has 0 heterocycles.